The summed E-state index contributed by atoms with van der Waals surface area (Å²) in [7, 11) is 0. The third-order valence-electron chi connectivity index (χ3n) is 3.13. The van der Waals surface area contributed by atoms with Gasteiger partial charge in [-0.25, -0.2) is 4.98 Å². The maximum absolute atomic E-state index is 4.65. The van der Waals surface area contributed by atoms with Crippen molar-refractivity contribution in [2.24, 2.45) is 0 Å². The molecule has 0 saturated heterocycles. The van der Waals surface area contributed by atoms with Crippen molar-refractivity contribution in [3.05, 3.63) is 59.1 Å². The molecule has 1 aromatic carbocycles. The first-order valence-corrected chi connectivity index (χ1v) is 7.34. The minimum absolute atomic E-state index is 0.970. The number of allylic oxidation sites excluding steroid dienone is 4. The molecule has 0 fully saturated rings. The third-order valence-corrected chi connectivity index (χ3v) is 3.89. The van der Waals surface area contributed by atoms with Gasteiger partial charge in [-0.3, -0.25) is 0 Å². The van der Waals surface area contributed by atoms with Gasteiger partial charge in [0.1, 0.15) is 0 Å². The van der Waals surface area contributed by atoms with Gasteiger partial charge in [-0.15, -0.1) is 11.3 Å². The van der Waals surface area contributed by atoms with Crippen molar-refractivity contribution < 1.29 is 0 Å². The van der Waals surface area contributed by atoms with E-state index in [2.05, 4.69) is 65.1 Å². The molecule has 2 nitrogen and oxygen atoms in total. The van der Waals surface area contributed by atoms with Gasteiger partial charge in [0.05, 0.1) is 5.69 Å². The molecule has 0 radical (unpaired) electrons. The Kier molecular flexibility index (Phi) is 3.47. The van der Waals surface area contributed by atoms with E-state index in [1.807, 2.05) is 0 Å². The van der Waals surface area contributed by atoms with Crippen LogP contribution in [0.15, 0.2) is 53.6 Å². The van der Waals surface area contributed by atoms with E-state index in [4.69, 9.17) is 0 Å². The molecule has 1 aromatic heterocycles. The Morgan fingerprint density at radius 1 is 1.21 bits per heavy atom. The first kappa shape index (κ1) is 12.2. The Balaban J connectivity index is 1.77. The van der Waals surface area contributed by atoms with Crippen LogP contribution in [-0.4, -0.2) is 4.98 Å². The van der Waals surface area contributed by atoms with Crippen LogP contribution in [0.3, 0.4) is 0 Å². The molecule has 0 aliphatic heterocycles. The summed E-state index contributed by atoms with van der Waals surface area (Å²) in [6.45, 7) is 2.10. The van der Waals surface area contributed by atoms with Gasteiger partial charge >= 0.3 is 0 Å². The van der Waals surface area contributed by atoms with E-state index in [-0.39, 0.29) is 0 Å². The number of aryl methyl sites for hydroxylation is 1. The SMILES string of the molecule is Cc1ccc(-c2csc(NC3=CC=CCC3)n2)cc1. The van der Waals surface area contributed by atoms with Crippen LogP contribution < -0.4 is 5.32 Å². The van der Waals surface area contributed by atoms with Crippen LogP contribution in [0.2, 0.25) is 0 Å². The summed E-state index contributed by atoms with van der Waals surface area (Å²) in [5.74, 6) is 0. The molecule has 0 spiro atoms. The monoisotopic (exact) mass is 268 g/mol. The van der Waals surface area contributed by atoms with Gasteiger partial charge in [0.25, 0.3) is 0 Å². The number of anilines is 1. The molecule has 3 heteroatoms. The lowest BCUT2D eigenvalue weighted by Gasteiger charge is -2.08. The van der Waals surface area contributed by atoms with E-state index < -0.39 is 0 Å². The van der Waals surface area contributed by atoms with Crippen LogP contribution in [0.5, 0.6) is 0 Å². The standard InChI is InChI=1S/C16H16N2S/c1-12-7-9-13(10-8-12)15-11-19-16(18-15)17-14-5-3-2-4-6-14/h2-3,5,7-11H,4,6H2,1H3,(H,17,18). The predicted octanol–water partition coefficient (Wildman–Crippen LogP) is 4.76. The molecular weight excluding hydrogens is 252 g/mol. The molecule has 0 bridgehead atoms. The van der Waals surface area contributed by atoms with Crippen molar-refractivity contribution in [2.45, 2.75) is 19.8 Å². The van der Waals surface area contributed by atoms with Crippen LogP contribution >= 0.6 is 11.3 Å². The number of nitrogens with zero attached hydrogens (tertiary/aromatic N) is 1. The lowest BCUT2D eigenvalue weighted by Crippen LogP contribution is -2.00. The Labute approximate surface area is 117 Å². The van der Waals surface area contributed by atoms with E-state index in [0.29, 0.717) is 0 Å². The Morgan fingerprint density at radius 3 is 2.79 bits per heavy atom. The number of rotatable bonds is 3. The van der Waals surface area contributed by atoms with E-state index in [1.54, 1.807) is 11.3 Å². The van der Waals surface area contributed by atoms with Gasteiger partial charge in [0, 0.05) is 16.6 Å². The van der Waals surface area contributed by atoms with Crippen molar-refractivity contribution >= 4 is 16.5 Å². The van der Waals surface area contributed by atoms with Crippen molar-refractivity contribution in [3.8, 4) is 11.3 Å². The molecule has 0 amide bonds. The van der Waals surface area contributed by atoms with Crippen molar-refractivity contribution in [2.75, 3.05) is 5.32 Å². The predicted molar refractivity (Wildman–Crippen MR) is 82.4 cm³/mol. The van der Waals surface area contributed by atoms with Gasteiger partial charge in [0.15, 0.2) is 5.13 Å². The number of hydrogen-bond acceptors (Lipinski definition) is 3. The van der Waals surface area contributed by atoms with Crippen LogP contribution in [0.1, 0.15) is 18.4 Å². The number of aromatic nitrogens is 1. The second-order valence-corrected chi connectivity index (χ2v) is 5.55. The van der Waals surface area contributed by atoms with Gasteiger partial charge in [-0.2, -0.15) is 0 Å². The summed E-state index contributed by atoms with van der Waals surface area (Å²) < 4.78 is 0. The van der Waals surface area contributed by atoms with E-state index in [0.717, 1.165) is 23.7 Å². The Morgan fingerprint density at radius 2 is 2.05 bits per heavy atom. The fourth-order valence-corrected chi connectivity index (χ4v) is 2.79. The summed E-state index contributed by atoms with van der Waals surface area (Å²) in [6.07, 6.45) is 8.58. The largest absolute Gasteiger partial charge is 0.335 e. The zero-order valence-electron chi connectivity index (χ0n) is 10.9. The molecule has 1 heterocycles. The van der Waals surface area contributed by atoms with E-state index in [9.17, 15) is 0 Å². The van der Waals surface area contributed by atoms with Crippen LogP contribution in [0.25, 0.3) is 11.3 Å². The highest BCUT2D eigenvalue weighted by Crippen LogP contribution is 2.26. The summed E-state index contributed by atoms with van der Waals surface area (Å²) in [5.41, 5.74) is 4.73. The summed E-state index contributed by atoms with van der Waals surface area (Å²) in [4.78, 5) is 4.65. The molecule has 1 aliphatic rings. The molecule has 0 atom stereocenters. The third kappa shape index (κ3) is 2.93. The van der Waals surface area contributed by atoms with E-state index >= 15 is 0 Å². The van der Waals surface area contributed by atoms with Crippen LogP contribution in [0, 0.1) is 6.92 Å². The molecule has 0 unspecified atom stereocenters. The van der Waals surface area contributed by atoms with Gasteiger partial charge in [-0.05, 0) is 25.8 Å². The van der Waals surface area contributed by atoms with Crippen molar-refractivity contribution in [1.29, 1.82) is 0 Å². The quantitative estimate of drug-likeness (QED) is 0.867. The van der Waals surface area contributed by atoms with Gasteiger partial charge < -0.3 is 5.32 Å². The maximum Gasteiger partial charge on any atom is 0.187 e. The molecule has 96 valence electrons. The number of hydrogen-bond donors (Lipinski definition) is 1. The molecule has 1 aliphatic carbocycles. The van der Waals surface area contributed by atoms with Crippen molar-refractivity contribution in [3.63, 3.8) is 0 Å². The molecule has 3 rings (SSSR count). The zero-order valence-corrected chi connectivity index (χ0v) is 11.7. The highest BCUT2D eigenvalue weighted by Gasteiger charge is 2.06. The Hall–Kier alpha value is -1.87. The highest BCUT2D eigenvalue weighted by atomic mass is 32.1. The van der Waals surface area contributed by atoms with E-state index in [1.165, 1.54) is 16.8 Å². The molecule has 1 N–H and O–H groups in total. The first-order chi connectivity index (χ1) is 9.31. The second kappa shape index (κ2) is 5.41. The molecule has 19 heavy (non-hydrogen) atoms. The summed E-state index contributed by atoms with van der Waals surface area (Å²) in [6, 6.07) is 8.49. The second-order valence-electron chi connectivity index (χ2n) is 4.69. The number of benzene rings is 1. The van der Waals surface area contributed by atoms with Gasteiger partial charge in [0.2, 0.25) is 0 Å². The minimum atomic E-state index is 0.970. The lowest BCUT2D eigenvalue weighted by atomic mass is 10.1. The maximum atomic E-state index is 4.65. The molecule has 0 saturated carbocycles. The average Bonchev–Trinajstić information content (AvgIpc) is 2.89. The first-order valence-electron chi connectivity index (χ1n) is 6.46. The highest BCUT2D eigenvalue weighted by molar-refractivity contribution is 7.14. The minimum Gasteiger partial charge on any atom is -0.335 e. The normalized spacial score (nSPS) is 14.3. The Bertz CT molecular complexity index is 620. The summed E-state index contributed by atoms with van der Waals surface area (Å²) in [5, 5.41) is 6.47. The van der Waals surface area contributed by atoms with Gasteiger partial charge in [-0.1, -0.05) is 42.0 Å². The molecule has 2 aromatic rings. The average molecular weight is 268 g/mol. The fourth-order valence-electron chi connectivity index (χ4n) is 2.03. The molecular formula is C16H16N2S. The van der Waals surface area contributed by atoms with Crippen LogP contribution in [0.4, 0.5) is 5.13 Å². The summed E-state index contributed by atoms with van der Waals surface area (Å²) >= 11 is 1.66. The number of nitrogens with one attached hydrogen (secondary N) is 1. The van der Waals surface area contributed by atoms with Crippen LogP contribution in [-0.2, 0) is 0 Å². The van der Waals surface area contributed by atoms with Crippen molar-refractivity contribution in [1.82, 2.24) is 4.98 Å². The lowest BCUT2D eigenvalue weighted by molar-refractivity contribution is 0.965. The topological polar surface area (TPSA) is 24.9 Å². The fraction of sp³-hybridized carbons (Fsp3) is 0.188. The number of thiazole rings is 1. The zero-order chi connectivity index (χ0) is 13.1. The smallest absolute Gasteiger partial charge is 0.187 e.